The van der Waals surface area contributed by atoms with Crippen LogP contribution < -0.4 is 10.0 Å². The van der Waals surface area contributed by atoms with Crippen LogP contribution in [0.15, 0.2) is 24.3 Å². The molecule has 1 aromatic carbocycles. The summed E-state index contributed by atoms with van der Waals surface area (Å²) in [7, 11) is 0. The first-order chi connectivity index (χ1) is 8.58. The third-order valence-electron chi connectivity index (χ3n) is 2.75. The topological polar surface area (TPSA) is 24.1 Å². The van der Waals surface area contributed by atoms with E-state index in [1.807, 2.05) is 0 Å². The Balaban J connectivity index is 2.28. The fourth-order valence-electron chi connectivity index (χ4n) is 1.75. The molecule has 1 aromatic rings. The first-order valence-electron chi connectivity index (χ1n) is 6.77. The van der Waals surface area contributed by atoms with Crippen LogP contribution >= 0.6 is 11.1 Å². The molecule has 0 spiro atoms. The van der Waals surface area contributed by atoms with E-state index < -0.39 is 0 Å². The minimum absolute atomic E-state index is 0.0227. The molecule has 0 bridgehead atoms. The van der Waals surface area contributed by atoms with E-state index in [-0.39, 0.29) is 11.1 Å². The van der Waals surface area contributed by atoms with E-state index >= 15 is 0 Å². The van der Waals surface area contributed by atoms with Crippen LogP contribution in [0, 0.1) is 5.92 Å². The molecule has 1 rings (SSSR count). The number of nitrogens with one attached hydrogen (secondary N) is 2. The van der Waals surface area contributed by atoms with Gasteiger partial charge >= 0.3 is 0 Å². The molecule has 0 aliphatic rings. The van der Waals surface area contributed by atoms with Crippen LogP contribution in [0.1, 0.15) is 25.0 Å². The van der Waals surface area contributed by atoms with Crippen molar-refractivity contribution in [3.8, 4) is 0 Å². The molecule has 104 valence electrons. The maximum absolute atomic E-state index is 3.51. The van der Waals surface area contributed by atoms with Crippen molar-refractivity contribution in [1.29, 1.82) is 0 Å². The quantitative estimate of drug-likeness (QED) is 0.632. The predicted molar refractivity (Wildman–Crippen MR) is 85.5 cm³/mol. The van der Waals surface area contributed by atoms with Gasteiger partial charge in [0.2, 0.25) is 0 Å². The summed E-state index contributed by atoms with van der Waals surface area (Å²) in [5.74, 6) is 0.716. The van der Waals surface area contributed by atoms with Gasteiger partial charge in [-0.1, -0.05) is 38.1 Å². The van der Waals surface area contributed by atoms with Gasteiger partial charge in [0.25, 0.3) is 0 Å². The van der Waals surface area contributed by atoms with Gasteiger partial charge in [0.15, 0.2) is 0 Å². The molecule has 0 saturated heterocycles. The first-order valence-corrected chi connectivity index (χ1v) is 9.01. The van der Waals surface area contributed by atoms with Crippen molar-refractivity contribution in [3.63, 3.8) is 0 Å². The summed E-state index contributed by atoms with van der Waals surface area (Å²) >= 11 is 0.0227. The summed E-state index contributed by atoms with van der Waals surface area (Å²) in [6, 6.07) is 8.98. The average molecular weight is 268 g/mol. The number of rotatable bonds is 8. The Morgan fingerprint density at radius 1 is 1.06 bits per heavy atom. The lowest BCUT2D eigenvalue weighted by Crippen LogP contribution is -2.18. The van der Waals surface area contributed by atoms with Crippen LogP contribution in [0.3, 0.4) is 0 Å². The molecule has 0 radical (unpaired) electrons. The lowest BCUT2D eigenvalue weighted by molar-refractivity contribution is 0.552. The number of hydrogen-bond acceptors (Lipinski definition) is 2. The van der Waals surface area contributed by atoms with Crippen LogP contribution in [0.4, 0.5) is 0 Å². The number of hydrogen-bond donors (Lipinski definition) is 3. The monoisotopic (exact) mass is 268 g/mol. The van der Waals surface area contributed by atoms with Crippen molar-refractivity contribution in [2.75, 3.05) is 25.6 Å². The van der Waals surface area contributed by atoms with E-state index in [1.54, 1.807) is 0 Å². The molecule has 0 fully saturated rings. The van der Waals surface area contributed by atoms with Crippen LogP contribution in [-0.4, -0.2) is 25.6 Å². The predicted octanol–water partition coefficient (Wildman–Crippen LogP) is 2.74. The normalized spacial score (nSPS) is 11.9. The Hall–Kier alpha value is -0.510. The van der Waals surface area contributed by atoms with Crippen molar-refractivity contribution in [3.05, 3.63) is 35.4 Å². The number of thiol groups is 1. The van der Waals surface area contributed by atoms with Gasteiger partial charge in [-0.2, -0.15) is 0 Å². The molecule has 2 N–H and O–H groups in total. The van der Waals surface area contributed by atoms with Crippen molar-refractivity contribution < 1.29 is 0 Å². The molecule has 2 nitrogen and oxygen atoms in total. The Morgan fingerprint density at radius 3 is 2.22 bits per heavy atom. The standard InChI is InChI=1S/C15H28N2S/c1-13(2)11-16-12-15-7-5-14(6-8-15)9-10-17-18(3)4/h5-8,13,16-18H,9-12H2,1-4H3. The molecule has 0 atom stereocenters. The second-order valence-corrected chi connectivity index (χ2v) is 7.50. The lowest BCUT2D eigenvalue weighted by atomic mass is 10.1. The van der Waals surface area contributed by atoms with E-state index in [4.69, 9.17) is 0 Å². The van der Waals surface area contributed by atoms with Gasteiger partial charge in [0.1, 0.15) is 0 Å². The van der Waals surface area contributed by atoms with E-state index in [2.05, 4.69) is 60.7 Å². The zero-order chi connectivity index (χ0) is 13.4. The molecule has 0 amide bonds. The van der Waals surface area contributed by atoms with E-state index in [0.717, 1.165) is 26.1 Å². The Kier molecular flexibility index (Phi) is 7.40. The molecule has 0 aliphatic heterocycles. The summed E-state index contributed by atoms with van der Waals surface area (Å²) in [4.78, 5) is 0. The lowest BCUT2D eigenvalue weighted by Gasteiger charge is -2.12. The van der Waals surface area contributed by atoms with Crippen LogP contribution in [0.2, 0.25) is 0 Å². The molecule has 3 heteroatoms. The Labute approximate surface area is 115 Å². The third-order valence-corrected chi connectivity index (χ3v) is 3.60. The molecule has 0 aromatic heterocycles. The van der Waals surface area contributed by atoms with Crippen molar-refractivity contribution in [1.82, 2.24) is 10.0 Å². The van der Waals surface area contributed by atoms with Gasteiger partial charge in [-0.3, -0.25) is 4.72 Å². The third kappa shape index (κ3) is 7.04. The summed E-state index contributed by atoms with van der Waals surface area (Å²) in [6.45, 7) is 7.62. The molecule has 18 heavy (non-hydrogen) atoms. The van der Waals surface area contributed by atoms with E-state index in [0.29, 0.717) is 5.92 Å². The molecule has 0 heterocycles. The summed E-state index contributed by atoms with van der Waals surface area (Å²) < 4.78 is 3.51. The second kappa shape index (κ2) is 8.57. The maximum atomic E-state index is 3.51. The van der Waals surface area contributed by atoms with Crippen molar-refractivity contribution in [2.45, 2.75) is 26.8 Å². The highest BCUT2D eigenvalue weighted by molar-refractivity contribution is 8.14. The summed E-state index contributed by atoms with van der Waals surface area (Å²) in [5, 5.41) is 3.47. The molecule has 0 saturated carbocycles. The molecule has 0 unspecified atom stereocenters. The van der Waals surface area contributed by atoms with Crippen LogP contribution in [0.5, 0.6) is 0 Å². The van der Waals surface area contributed by atoms with E-state index in [1.165, 1.54) is 11.1 Å². The minimum Gasteiger partial charge on any atom is -0.312 e. The SMILES string of the molecule is CC(C)CNCc1ccc(CCN[SH](C)C)cc1. The van der Waals surface area contributed by atoms with Crippen molar-refractivity contribution in [2.24, 2.45) is 5.92 Å². The largest absolute Gasteiger partial charge is 0.312 e. The second-order valence-electron chi connectivity index (χ2n) is 5.39. The zero-order valence-corrected chi connectivity index (χ0v) is 13.1. The highest BCUT2D eigenvalue weighted by Crippen LogP contribution is 2.08. The zero-order valence-electron chi connectivity index (χ0n) is 12.2. The number of benzene rings is 1. The van der Waals surface area contributed by atoms with Gasteiger partial charge < -0.3 is 5.32 Å². The van der Waals surface area contributed by atoms with Gasteiger partial charge in [0, 0.05) is 13.1 Å². The fourth-order valence-corrected chi connectivity index (χ4v) is 2.31. The molecule has 0 aliphatic carbocycles. The Morgan fingerprint density at radius 2 is 1.67 bits per heavy atom. The minimum atomic E-state index is 0.0227. The Bertz CT molecular complexity index is 287. The molecular weight excluding hydrogens is 240 g/mol. The van der Waals surface area contributed by atoms with Gasteiger partial charge in [-0.25, -0.2) is 11.1 Å². The maximum Gasteiger partial charge on any atom is 0.0205 e. The van der Waals surface area contributed by atoms with Gasteiger partial charge in [-0.05, 0) is 42.5 Å². The van der Waals surface area contributed by atoms with Gasteiger partial charge in [-0.15, -0.1) is 0 Å². The van der Waals surface area contributed by atoms with Crippen LogP contribution in [0.25, 0.3) is 0 Å². The molecular formula is C15H28N2S. The van der Waals surface area contributed by atoms with E-state index in [9.17, 15) is 0 Å². The average Bonchev–Trinajstić information content (AvgIpc) is 2.30. The van der Waals surface area contributed by atoms with Crippen molar-refractivity contribution >= 4 is 11.1 Å². The highest BCUT2D eigenvalue weighted by atomic mass is 32.2. The fraction of sp³-hybridized carbons (Fsp3) is 0.600. The van der Waals surface area contributed by atoms with Gasteiger partial charge in [0.05, 0.1) is 0 Å². The summed E-state index contributed by atoms with van der Waals surface area (Å²) in [5.41, 5.74) is 2.80. The van der Waals surface area contributed by atoms with Crippen LogP contribution in [-0.2, 0) is 13.0 Å². The smallest absolute Gasteiger partial charge is 0.0205 e. The first kappa shape index (κ1) is 15.5. The highest BCUT2D eigenvalue weighted by Gasteiger charge is 1.97. The summed E-state index contributed by atoms with van der Waals surface area (Å²) in [6.07, 6.45) is 5.62.